The van der Waals surface area contributed by atoms with Gasteiger partial charge in [-0.05, 0) is 26.1 Å². The van der Waals surface area contributed by atoms with Crippen LogP contribution in [0.5, 0.6) is 5.75 Å². The molecule has 1 aromatic heterocycles. The van der Waals surface area contributed by atoms with Crippen molar-refractivity contribution in [2.75, 3.05) is 20.1 Å². The van der Waals surface area contributed by atoms with Crippen molar-refractivity contribution >= 4 is 17.2 Å². The van der Waals surface area contributed by atoms with E-state index < -0.39 is 0 Å². The van der Waals surface area contributed by atoms with Crippen LogP contribution in [0, 0.1) is 6.92 Å². The molecule has 0 fully saturated rings. The Morgan fingerprint density at radius 3 is 2.77 bits per heavy atom. The molecule has 1 aromatic carbocycles. The van der Waals surface area contributed by atoms with Crippen molar-refractivity contribution in [1.82, 2.24) is 15.6 Å². The molecule has 0 atom stereocenters. The van der Waals surface area contributed by atoms with Gasteiger partial charge in [0.25, 0.3) is 0 Å². The van der Waals surface area contributed by atoms with Gasteiger partial charge in [0.05, 0.1) is 12.1 Å². The Labute approximate surface area is 134 Å². The summed E-state index contributed by atoms with van der Waals surface area (Å²) in [5.74, 6) is 0.818. The number of aromatic nitrogens is 1. The zero-order valence-corrected chi connectivity index (χ0v) is 13.7. The van der Waals surface area contributed by atoms with Crippen LogP contribution in [-0.4, -0.2) is 31.0 Å². The highest BCUT2D eigenvalue weighted by atomic mass is 32.1. The van der Waals surface area contributed by atoms with Crippen molar-refractivity contribution in [3.05, 3.63) is 45.9 Å². The molecule has 1 heterocycles. The molecule has 6 heteroatoms. The first-order chi connectivity index (χ1) is 10.7. The average molecular weight is 319 g/mol. The van der Waals surface area contributed by atoms with E-state index in [1.807, 2.05) is 43.6 Å². The summed E-state index contributed by atoms with van der Waals surface area (Å²) >= 11 is 1.51. The maximum Gasteiger partial charge on any atom is 0.226 e. The molecule has 0 spiro atoms. The molecule has 0 saturated heterocycles. The Balaban J connectivity index is 1.78. The molecule has 1 amide bonds. The van der Waals surface area contributed by atoms with Gasteiger partial charge < -0.3 is 15.4 Å². The van der Waals surface area contributed by atoms with Crippen molar-refractivity contribution < 1.29 is 9.53 Å². The Bertz CT molecular complexity index is 596. The predicted octanol–water partition coefficient (Wildman–Crippen LogP) is 1.91. The van der Waals surface area contributed by atoms with E-state index in [0.29, 0.717) is 19.6 Å². The second-order valence-corrected chi connectivity index (χ2v) is 5.91. The fourth-order valence-electron chi connectivity index (χ4n) is 1.83. The van der Waals surface area contributed by atoms with E-state index in [-0.39, 0.29) is 5.91 Å². The summed E-state index contributed by atoms with van der Waals surface area (Å²) in [5, 5.41) is 8.60. The average Bonchev–Trinajstić information content (AvgIpc) is 2.94. The number of nitrogens with one attached hydrogen (secondary N) is 2. The Morgan fingerprint density at radius 1 is 1.27 bits per heavy atom. The fraction of sp³-hybridized carbons (Fsp3) is 0.375. The molecular weight excluding hydrogens is 298 g/mol. The molecule has 22 heavy (non-hydrogen) atoms. The first kappa shape index (κ1) is 16.5. The van der Waals surface area contributed by atoms with Gasteiger partial charge in [0, 0.05) is 18.5 Å². The van der Waals surface area contributed by atoms with Crippen LogP contribution in [0.4, 0.5) is 0 Å². The Kier molecular flexibility index (Phi) is 6.36. The van der Waals surface area contributed by atoms with Gasteiger partial charge in [0.1, 0.15) is 17.4 Å². The lowest BCUT2D eigenvalue weighted by Gasteiger charge is -2.04. The second-order valence-electron chi connectivity index (χ2n) is 4.96. The quantitative estimate of drug-likeness (QED) is 0.730. The van der Waals surface area contributed by atoms with E-state index in [1.54, 1.807) is 0 Å². The molecule has 0 aliphatic heterocycles. The number of hydrogen-bond acceptors (Lipinski definition) is 5. The molecular formula is C16H21N3O2S. The molecule has 5 nitrogen and oxygen atoms in total. The lowest BCUT2D eigenvalue weighted by Crippen LogP contribution is -2.31. The molecule has 2 aromatic rings. The number of benzene rings is 1. The SMILES string of the molecule is CNCCNC(=O)Cc1csc(COc2ccc(C)cc2)n1. The van der Waals surface area contributed by atoms with E-state index in [1.165, 1.54) is 16.9 Å². The summed E-state index contributed by atoms with van der Waals surface area (Å²) in [6.07, 6.45) is 0.310. The van der Waals surface area contributed by atoms with Gasteiger partial charge in [-0.3, -0.25) is 4.79 Å². The maximum atomic E-state index is 11.7. The third kappa shape index (κ3) is 5.46. The molecule has 0 aliphatic carbocycles. The van der Waals surface area contributed by atoms with Gasteiger partial charge in [0.15, 0.2) is 0 Å². The zero-order chi connectivity index (χ0) is 15.8. The first-order valence-electron chi connectivity index (χ1n) is 7.21. The van der Waals surface area contributed by atoms with Crippen LogP contribution in [0.2, 0.25) is 0 Å². The highest BCUT2D eigenvalue weighted by Crippen LogP contribution is 2.16. The summed E-state index contributed by atoms with van der Waals surface area (Å²) in [6.45, 7) is 3.86. The summed E-state index contributed by atoms with van der Waals surface area (Å²) < 4.78 is 5.68. The summed E-state index contributed by atoms with van der Waals surface area (Å²) in [7, 11) is 1.85. The van der Waals surface area contributed by atoms with Crippen molar-refractivity contribution in [2.24, 2.45) is 0 Å². The minimum atomic E-state index is -0.00782. The van der Waals surface area contributed by atoms with Gasteiger partial charge in [-0.2, -0.15) is 0 Å². The van der Waals surface area contributed by atoms with Crippen LogP contribution < -0.4 is 15.4 Å². The number of hydrogen-bond donors (Lipinski definition) is 2. The second kappa shape index (κ2) is 8.51. The van der Waals surface area contributed by atoms with Gasteiger partial charge in [-0.15, -0.1) is 11.3 Å². The standard InChI is InChI=1S/C16H21N3O2S/c1-12-3-5-14(6-4-12)21-10-16-19-13(11-22-16)9-15(20)18-8-7-17-2/h3-6,11,17H,7-10H2,1-2H3,(H,18,20). The monoisotopic (exact) mass is 319 g/mol. The Hall–Kier alpha value is -1.92. The number of carbonyl (C=O) groups is 1. The van der Waals surface area contributed by atoms with E-state index in [9.17, 15) is 4.79 Å². The lowest BCUT2D eigenvalue weighted by atomic mass is 10.2. The van der Waals surface area contributed by atoms with Crippen molar-refractivity contribution in [2.45, 2.75) is 20.0 Å². The minimum absolute atomic E-state index is 0.00782. The van der Waals surface area contributed by atoms with Gasteiger partial charge in [-0.1, -0.05) is 17.7 Å². The van der Waals surface area contributed by atoms with Crippen LogP contribution in [0.15, 0.2) is 29.6 Å². The zero-order valence-electron chi connectivity index (χ0n) is 12.9. The van der Waals surface area contributed by atoms with Gasteiger partial charge in [-0.25, -0.2) is 4.98 Å². The normalized spacial score (nSPS) is 10.5. The third-order valence-electron chi connectivity index (χ3n) is 3.02. The summed E-state index contributed by atoms with van der Waals surface area (Å²) in [6, 6.07) is 7.91. The maximum absolute atomic E-state index is 11.7. The highest BCUT2D eigenvalue weighted by Gasteiger charge is 2.08. The molecule has 0 aliphatic rings. The minimum Gasteiger partial charge on any atom is -0.486 e. The third-order valence-corrected chi connectivity index (χ3v) is 3.89. The molecule has 0 bridgehead atoms. The largest absolute Gasteiger partial charge is 0.486 e. The highest BCUT2D eigenvalue weighted by molar-refractivity contribution is 7.09. The van der Waals surface area contributed by atoms with Crippen LogP contribution in [-0.2, 0) is 17.8 Å². The number of carbonyl (C=O) groups excluding carboxylic acids is 1. The summed E-state index contributed by atoms with van der Waals surface area (Å²) in [5.41, 5.74) is 1.99. The molecule has 0 saturated carbocycles. The molecule has 118 valence electrons. The van der Waals surface area contributed by atoms with Crippen LogP contribution in [0.3, 0.4) is 0 Å². The van der Waals surface area contributed by atoms with Gasteiger partial charge in [0.2, 0.25) is 5.91 Å². The predicted molar refractivity (Wildman–Crippen MR) is 88.3 cm³/mol. The topological polar surface area (TPSA) is 63.2 Å². The Morgan fingerprint density at radius 2 is 2.05 bits per heavy atom. The summed E-state index contributed by atoms with van der Waals surface area (Å²) in [4.78, 5) is 16.1. The smallest absolute Gasteiger partial charge is 0.226 e. The number of likely N-dealkylation sites (N-methyl/N-ethyl adjacent to an activating group) is 1. The number of amides is 1. The fourth-order valence-corrected chi connectivity index (χ4v) is 2.53. The number of thiazole rings is 1. The number of rotatable bonds is 8. The first-order valence-corrected chi connectivity index (χ1v) is 8.09. The number of nitrogens with zero attached hydrogens (tertiary/aromatic N) is 1. The molecule has 0 radical (unpaired) electrons. The van der Waals surface area contributed by atoms with Gasteiger partial charge >= 0.3 is 0 Å². The molecule has 2 N–H and O–H groups in total. The number of ether oxygens (including phenoxy) is 1. The molecule has 0 unspecified atom stereocenters. The number of aryl methyl sites for hydroxylation is 1. The van der Waals surface area contributed by atoms with E-state index >= 15 is 0 Å². The lowest BCUT2D eigenvalue weighted by molar-refractivity contribution is -0.120. The van der Waals surface area contributed by atoms with Crippen molar-refractivity contribution in [3.8, 4) is 5.75 Å². The van der Waals surface area contributed by atoms with Crippen molar-refractivity contribution in [3.63, 3.8) is 0 Å². The van der Waals surface area contributed by atoms with E-state index in [2.05, 4.69) is 15.6 Å². The molecule has 2 rings (SSSR count). The van der Waals surface area contributed by atoms with Crippen molar-refractivity contribution in [1.29, 1.82) is 0 Å². The van der Waals surface area contributed by atoms with Crippen LogP contribution >= 0.6 is 11.3 Å². The van der Waals surface area contributed by atoms with Crippen LogP contribution in [0.1, 0.15) is 16.3 Å². The van der Waals surface area contributed by atoms with E-state index in [0.717, 1.165) is 23.0 Å². The van der Waals surface area contributed by atoms with Crippen LogP contribution in [0.25, 0.3) is 0 Å². The van der Waals surface area contributed by atoms with E-state index in [4.69, 9.17) is 4.74 Å².